The zero-order valence-corrected chi connectivity index (χ0v) is 22.6. The van der Waals surface area contributed by atoms with Crippen molar-refractivity contribution < 1.29 is 23.9 Å². The van der Waals surface area contributed by atoms with Gasteiger partial charge in [-0.1, -0.05) is 24.1 Å². The number of hydrogen-bond donors (Lipinski definition) is 1. The van der Waals surface area contributed by atoms with Gasteiger partial charge in [-0.25, -0.2) is 4.79 Å². The molecule has 1 amide bonds. The maximum absolute atomic E-state index is 12.7. The van der Waals surface area contributed by atoms with E-state index in [2.05, 4.69) is 18.3 Å². The highest BCUT2D eigenvalue weighted by Crippen LogP contribution is 2.64. The van der Waals surface area contributed by atoms with E-state index in [1.54, 1.807) is 0 Å². The third-order valence-corrected chi connectivity index (χ3v) is 8.84. The number of esters is 1. The van der Waals surface area contributed by atoms with Crippen LogP contribution in [-0.2, 0) is 19.1 Å². The standard InChI is InChI=1S/C29H43NO5/c1-26(2,3)24(32)35-23-11-10-21-20-9-8-18-16-19(31)12-15-29(18,22(20)13-14-28(21,23)7)17-34-25(33)30-27(4,5)6/h9,16,21-23H,8,10-15,17H2,1-7H3,(H,30,33)/t21-,22-,23-,28-,29+/m0/s1. The number of hydrogen-bond acceptors (Lipinski definition) is 5. The Morgan fingerprint density at radius 2 is 1.77 bits per heavy atom. The van der Waals surface area contributed by atoms with E-state index in [1.165, 1.54) is 5.57 Å². The lowest BCUT2D eigenvalue weighted by Crippen LogP contribution is -2.51. The fourth-order valence-corrected chi connectivity index (χ4v) is 6.94. The van der Waals surface area contributed by atoms with E-state index in [1.807, 2.05) is 47.6 Å². The Bertz CT molecular complexity index is 965. The molecule has 0 bridgehead atoms. The van der Waals surface area contributed by atoms with Gasteiger partial charge < -0.3 is 14.8 Å². The van der Waals surface area contributed by atoms with E-state index in [9.17, 15) is 14.4 Å². The lowest BCUT2D eigenvalue weighted by molar-refractivity contribution is -0.165. The molecule has 194 valence electrons. The van der Waals surface area contributed by atoms with Crippen LogP contribution >= 0.6 is 0 Å². The summed E-state index contributed by atoms with van der Waals surface area (Å²) in [5.74, 6) is 0.629. The number of alkyl carbamates (subject to hydrolysis) is 1. The first-order valence-electron chi connectivity index (χ1n) is 13.3. The highest BCUT2D eigenvalue weighted by molar-refractivity contribution is 5.92. The molecule has 6 heteroatoms. The zero-order valence-electron chi connectivity index (χ0n) is 22.6. The van der Waals surface area contributed by atoms with Crippen molar-refractivity contribution in [1.82, 2.24) is 5.32 Å². The number of amides is 1. The van der Waals surface area contributed by atoms with Gasteiger partial charge in [-0.15, -0.1) is 0 Å². The van der Waals surface area contributed by atoms with Crippen LogP contribution in [0, 0.1) is 28.1 Å². The van der Waals surface area contributed by atoms with Gasteiger partial charge in [0.1, 0.15) is 12.7 Å². The second kappa shape index (κ2) is 8.77. The number of ether oxygens (including phenoxy) is 2. The Morgan fingerprint density at radius 1 is 1.06 bits per heavy atom. The molecular weight excluding hydrogens is 442 g/mol. The second-order valence-corrected chi connectivity index (χ2v) is 13.5. The molecule has 0 aromatic rings. The van der Waals surface area contributed by atoms with Crippen molar-refractivity contribution >= 4 is 17.8 Å². The first kappa shape index (κ1) is 26.0. The van der Waals surface area contributed by atoms with Gasteiger partial charge in [0.15, 0.2) is 5.78 Å². The summed E-state index contributed by atoms with van der Waals surface area (Å²) in [6.45, 7) is 14.1. The average molecular weight is 486 g/mol. The van der Waals surface area contributed by atoms with E-state index in [4.69, 9.17) is 9.47 Å². The van der Waals surface area contributed by atoms with E-state index >= 15 is 0 Å². The molecule has 4 aliphatic carbocycles. The minimum Gasteiger partial charge on any atom is -0.461 e. The van der Waals surface area contributed by atoms with Crippen LogP contribution in [-0.4, -0.2) is 36.1 Å². The molecule has 4 aliphatic rings. The van der Waals surface area contributed by atoms with E-state index in [0.29, 0.717) is 25.4 Å². The second-order valence-electron chi connectivity index (χ2n) is 13.5. The quantitative estimate of drug-likeness (QED) is 0.397. The van der Waals surface area contributed by atoms with Crippen molar-refractivity contribution in [3.05, 3.63) is 23.3 Å². The van der Waals surface area contributed by atoms with Crippen molar-refractivity contribution in [2.45, 2.75) is 105 Å². The fraction of sp³-hybridized carbons (Fsp3) is 0.759. The van der Waals surface area contributed by atoms with Gasteiger partial charge in [-0.2, -0.15) is 0 Å². The first-order valence-corrected chi connectivity index (χ1v) is 13.3. The minimum atomic E-state index is -0.515. The number of carbonyl (C=O) groups is 3. The molecule has 4 rings (SSSR count). The number of nitrogens with one attached hydrogen (secondary N) is 1. The summed E-state index contributed by atoms with van der Waals surface area (Å²) < 4.78 is 12.0. The van der Waals surface area contributed by atoms with E-state index in [0.717, 1.165) is 37.7 Å². The lowest BCUT2D eigenvalue weighted by atomic mass is 9.50. The third-order valence-electron chi connectivity index (χ3n) is 8.84. The molecule has 0 heterocycles. The highest BCUT2D eigenvalue weighted by atomic mass is 16.6. The van der Waals surface area contributed by atoms with Crippen LogP contribution in [0.4, 0.5) is 4.79 Å². The molecule has 6 nitrogen and oxygen atoms in total. The Morgan fingerprint density at radius 3 is 2.43 bits per heavy atom. The van der Waals surface area contributed by atoms with Gasteiger partial charge in [-0.3, -0.25) is 9.59 Å². The summed E-state index contributed by atoms with van der Waals surface area (Å²) in [5, 5.41) is 2.90. The monoisotopic (exact) mass is 485 g/mol. The predicted octanol–water partition coefficient (Wildman–Crippen LogP) is 5.90. The molecule has 1 N–H and O–H groups in total. The number of rotatable bonds is 3. The van der Waals surface area contributed by atoms with Gasteiger partial charge in [0, 0.05) is 22.8 Å². The van der Waals surface area contributed by atoms with Crippen LogP contribution in [0.15, 0.2) is 23.3 Å². The maximum Gasteiger partial charge on any atom is 0.407 e. The number of allylic oxidation sites excluding steroid dienone is 3. The first-order chi connectivity index (χ1) is 16.2. The summed E-state index contributed by atoms with van der Waals surface area (Å²) in [5.41, 5.74) is 1.25. The van der Waals surface area contributed by atoms with Crippen molar-refractivity contribution in [1.29, 1.82) is 0 Å². The summed E-state index contributed by atoms with van der Waals surface area (Å²) in [7, 11) is 0. The summed E-state index contributed by atoms with van der Waals surface area (Å²) in [4.78, 5) is 37.6. The smallest absolute Gasteiger partial charge is 0.407 e. The van der Waals surface area contributed by atoms with Crippen molar-refractivity contribution in [3.8, 4) is 0 Å². The van der Waals surface area contributed by atoms with Gasteiger partial charge in [0.25, 0.3) is 0 Å². The number of ketones is 1. The van der Waals surface area contributed by atoms with Crippen LogP contribution in [0.5, 0.6) is 0 Å². The third kappa shape index (κ3) is 4.82. The normalized spacial score (nSPS) is 34.6. The zero-order chi connectivity index (χ0) is 25.8. The van der Waals surface area contributed by atoms with Gasteiger partial charge >= 0.3 is 12.1 Å². The molecule has 2 fully saturated rings. The molecule has 0 radical (unpaired) electrons. The molecule has 2 saturated carbocycles. The van der Waals surface area contributed by atoms with Crippen LogP contribution in [0.1, 0.15) is 93.4 Å². The van der Waals surface area contributed by atoms with Crippen LogP contribution in [0.2, 0.25) is 0 Å². The Labute approximate surface area is 210 Å². The van der Waals surface area contributed by atoms with Crippen LogP contribution < -0.4 is 5.32 Å². The summed E-state index contributed by atoms with van der Waals surface area (Å²) in [6, 6.07) is 0. The van der Waals surface area contributed by atoms with Crippen LogP contribution in [0.3, 0.4) is 0 Å². The maximum atomic E-state index is 12.7. The van der Waals surface area contributed by atoms with E-state index < -0.39 is 11.5 Å². The molecule has 0 aromatic heterocycles. The van der Waals surface area contributed by atoms with Crippen molar-refractivity contribution in [2.75, 3.05) is 6.61 Å². The molecule has 0 aliphatic heterocycles. The Balaban J connectivity index is 1.60. The van der Waals surface area contributed by atoms with Crippen molar-refractivity contribution in [3.63, 3.8) is 0 Å². The number of fused-ring (bicyclic) bond motifs is 5. The molecule has 0 spiro atoms. The van der Waals surface area contributed by atoms with E-state index in [-0.39, 0.29) is 40.1 Å². The Hall–Kier alpha value is -2.11. The fourth-order valence-electron chi connectivity index (χ4n) is 6.94. The largest absolute Gasteiger partial charge is 0.461 e. The molecular formula is C29H43NO5. The van der Waals surface area contributed by atoms with Crippen molar-refractivity contribution in [2.24, 2.45) is 28.1 Å². The topological polar surface area (TPSA) is 81.7 Å². The Kier molecular flexibility index (Phi) is 6.51. The summed E-state index contributed by atoms with van der Waals surface area (Å²) >= 11 is 0. The molecule has 0 saturated heterocycles. The van der Waals surface area contributed by atoms with Crippen LogP contribution in [0.25, 0.3) is 0 Å². The lowest BCUT2D eigenvalue weighted by Gasteiger charge is -2.54. The number of carbonyl (C=O) groups excluding carboxylic acids is 3. The molecule has 0 aromatic carbocycles. The molecule has 35 heavy (non-hydrogen) atoms. The molecule has 5 atom stereocenters. The highest BCUT2D eigenvalue weighted by Gasteiger charge is 2.59. The average Bonchev–Trinajstić information content (AvgIpc) is 3.06. The molecule has 0 unspecified atom stereocenters. The van der Waals surface area contributed by atoms with Gasteiger partial charge in [0.2, 0.25) is 0 Å². The van der Waals surface area contributed by atoms with Gasteiger partial charge in [-0.05, 0) is 98.0 Å². The SMILES string of the molecule is CC(C)(C)NC(=O)OC[C@]12CCC(=O)C=C1CC=C1[C@@H]2CC[C@]2(C)[C@@H](OC(=O)C(C)(C)C)CC[C@@H]12. The minimum absolute atomic E-state index is 0.0734. The summed E-state index contributed by atoms with van der Waals surface area (Å²) in [6.07, 6.45) is 9.38. The predicted molar refractivity (Wildman–Crippen MR) is 135 cm³/mol. The van der Waals surface area contributed by atoms with Gasteiger partial charge in [0.05, 0.1) is 5.41 Å².